The first-order chi connectivity index (χ1) is 12.2. The van der Waals surface area contributed by atoms with Crippen LogP contribution in [0.5, 0.6) is 0 Å². The second kappa shape index (κ2) is 8.97. The van der Waals surface area contributed by atoms with Crippen molar-refractivity contribution >= 4 is 17.6 Å². The van der Waals surface area contributed by atoms with Crippen LogP contribution in [0.3, 0.4) is 0 Å². The Morgan fingerprint density at radius 1 is 1.24 bits per heavy atom. The Morgan fingerprint density at radius 2 is 2.08 bits per heavy atom. The summed E-state index contributed by atoms with van der Waals surface area (Å²) < 4.78 is 11.2. The van der Waals surface area contributed by atoms with Crippen LogP contribution in [0.25, 0.3) is 0 Å². The molecule has 0 bridgehead atoms. The van der Waals surface area contributed by atoms with E-state index in [1.165, 1.54) is 5.56 Å². The van der Waals surface area contributed by atoms with Crippen molar-refractivity contribution in [3.05, 3.63) is 64.9 Å². The van der Waals surface area contributed by atoms with Crippen molar-refractivity contribution in [2.45, 2.75) is 31.8 Å². The lowest BCUT2D eigenvalue weighted by Gasteiger charge is -2.17. The third-order valence-corrected chi connectivity index (χ3v) is 4.66. The normalized spacial score (nSPS) is 19.7. The quantitative estimate of drug-likeness (QED) is 0.543. The highest BCUT2D eigenvalue weighted by Gasteiger charge is 2.36. The molecule has 0 amide bonds. The molecule has 0 radical (unpaired) electrons. The van der Waals surface area contributed by atoms with Crippen molar-refractivity contribution in [2.24, 2.45) is 5.92 Å². The topological polar surface area (TPSA) is 48.4 Å². The van der Waals surface area contributed by atoms with Crippen LogP contribution in [-0.2, 0) is 20.7 Å². The largest absolute Gasteiger partial charge is 0.465 e. The Balaban J connectivity index is 1.41. The van der Waals surface area contributed by atoms with Gasteiger partial charge in [0.05, 0.1) is 18.6 Å². The van der Waals surface area contributed by atoms with Crippen molar-refractivity contribution in [1.29, 1.82) is 0 Å². The van der Waals surface area contributed by atoms with Gasteiger partial charge in [0.15, 0.2) is 0 Å². The SMILES string of the molecule is O=C(OCCCCc1cccc(Cl)c1)[C@@H]1CCO[C@H]1c1ccncc1. The van der Waals surface area contributed by atoms with E-state index in [0.717, 1.165) is 29.8 Å². The molecule has 1 aromatic heterocycles. The first kappa shape index (κ1) is 17.9. The van der Waals surface area contributed by atoms with Gasteiger partial charge in [0.25, 0.3) is 0 Å². The van der Waals surface area contributed by atoms with Gasteiger partial charge in [-0.05, 0) is 61.1 Å². The van der Waals surface area contributed by atoms with Crippen molar-refractivity contribution in [2.75, 3.05) is 13.2 Å². The lowest BCUT2D eigenvalue weighted by molar-refractivity contribution is -0.150. The molecular formula is C20H22ClNO3. The van der Waals surface area contributed by atoms with Gasteiger partial charge in [-0.25, -0.2) is 0 Å². The second-order valence-electron chi connectivity index (χ2n) is 6.22. The number of unbranched alkanes of at least 4 members (excludes halogenated alkanes) is 1. The predicted octanol–water partition coefficient (Wildman–Crippen LogP) is 4.38. The smallest absolute Gasteiger partial charge is 0.312 e. The van der Waals surface area contributed by atoms with Gasteiger partial charge in [-0.1, -0.05) is 23.7 Å². The van der Waals surface area contributed by atoms with Gasteiger partial charge in [-0.15, -0.1) is 0 Å². The van der Waals surface area contributed by atoms with Gasteiger partial charge < -0.3 is 9.47 Å². The van der Waals surface area contributed by atoms with E-state index in [4.69, 9.17) is 21.1 Å². The van der Waals surface area contributed by atoms with Gasteiger partial charge >= 0.3 is 5.97 Å². The van der Waals surface area contributed by atoms with E-state index in [1.54, 1.807) is 12.4 Å². The number of hydrogen-bond donors (Lipinski definition) is 0. The molecule has 0 aliphatic carbocycles. The summed E-state index contributed by atoms with van der Waals surface area (Å²) in [6.07, 6.45) is 6.65. The summed E-state index contributed by atoms with van der Waals surface area (Å²) in [6, 6.07) is 11.6. The molecule has 1 aromatic carbocycles. The summed E-state index contributed by atoms with van der Waals surface area (Å²) in [6.45, 7) is 1.03. The van der Waals surface area contributed by atoms with Gasteiger partial charge in [0.2, 0.25) is 0 Å². The lowest BCUT2D eigenvalue weighted by atomic mass is 9.96. The molecule has 0 unspecified atom stereocenters. The molecule has 132 valence electrons. The molecule has 25 heavy (non-hydrogen) atoms. The highest BCUT2D eigenvalue weighted by atomic mass is 35.5. The Bertz CT molecular complexity index is 692. The van der Waals surface area contributed by atoms with E-state index in [2.05, 4.69) is 11.1 Å². The van der Waals surface area contributed by atoms with Gasteiger partial charge in [0, 0.05) is 24.0 Å². The number of nitrogens with zero attached hydrogens (tertiary/aromatic N) is 1. The van der Waals surface area contributed by atoms with E-state index in [-0.39, 0.29) is 18.0 Å². The molecule has 2 heterocycles. The minimum atomic E-state index is -0.227. The highest BCUT2D eigenvalue weighted by Crippen LogP contribution is 2.35. The van der Waals surface area contributed by atoms with Gasteiger partial charge in [0.1, 0.15) is 0 Å². The first-order valence-corrected chi connectivity index (χ1v) is 9.04. The zero-order valence-electron chi connectivity index (χ0n) is 14.1. The van der Waals surface area contributed by atoms with E-state index in [9.17, 15) is 4.79 Å². The predicted molar refractivity (Wildman–Crippen MR) is 96.4 cm³/mol. The number of esters is 1. The molecule has 1 saturated heterocycles. The van der Waals surface area contributed by atoms with Crippen LogP contribution in [0.4, 0.5) is 0 Å². The minimum Gasteiger partial charge on any atom is -0.465 e. The van der Waals surface area contributed by atoms with E-state index in [1.807, 2.05) is 30.3 Å². The third-order valence-electron chi connectivity index (χ3n) is 4.42. The van der Waals surface area contributed by atoms with Crippen LogP contribution in [0.1, 0.15) is 36.5 Å². The summed E-state index contributed by atoms with van der Waals surface area (Å²) >= 11 is 5.98. The van der Waals surface area contributed by atoms with Crippen LogP contribution >= 0.6 is 11.6 Å². The summed E-state index contributed by atoms with van der Waals surface area (Å²) in [4.78, 5) is 16.4. The van der Waals surface area contributed by atoms with Crippen LogP contribution in [0, 0.1) is 5.92 Å². The number of carbonyl (C=O) groups is 1. The number of benzene rings is 1. The maximum Gasteiger partial charge on any atom is 0.312 e. The fourth-order valence-electron chi connectivity index (χ4n) is 3.12. The number of pyridine rings is 1. The zero-order valence-corrected chi connectivity index (χ0v) is 14.8. The van der Waals surface area contributed by atoms with E-state index < -0.39 is 0 Å². The maximum atomic E-state index is 12.4. The van der Waals surface area contributed by atoms with Crippen molar-refractivity contribution < 1.29 is 14.3 Å². The summed E-state index contributed by atoms with van der Waals surface area (Å²) in [7, 11) is 0. The molecule has 1 aliphatic heterocycles. The summed E-state index contributed by atoms with van der Waals surface area (Å²) in [5.74, 6) is -0.391. The first-order valence-electron chi connectivity index (χ1n) is 8.66. The number of aryl methyl sites for hydroxylation is 1. The molecule has 2 atom stereocenters. The molecule has 4 nitrogen and oxygen atoms in total. The summed E-state index contributed by atoms with van der Waals surface area (Å²) in [5, 5.41) is 0.757. The molecule has 1 aliphatic rings. The highest BCUT2D eigenvalue weighted by molar-refractivity contribution is 6.30. The van der Waals surface area contributed by atoms with Crippen LogP contribution in [0.15, 0.2) is 48.8 Å². The standard InChI is InChI=1S/C20H22ClNO3/c21-17-6-3-5-15(14-17)4-1-2-12-25-20(23)18-9-13-24-19(18)16-7-10-22-11-8-16/h3,5-8,10-11,14,18-19H,1-2,4,9,12-13H2/t18-,19+/m1/s1. The number of hydrogen-bond acceptors (Lipinski definition) is 4. The van der Waals surface area contributed by atoms with Crippen molar-refractivity contribution in [3.63, 3.8) is 0 Å². The minimum absolute atomic E-state index is 0.165. The summed E-state index contributed by atoms with van der Waals surface area (Å²) in [5.41, 5.74) is 2.19. The molecule has 1 fully saturated rings. The van der Waals surface area contributed by atoms with Crippen LogP contribution in [-0.4, -0.2) is 24.2 Å². The van der Waals surface area contributed by atoms with Crippen molar-refractivity contribution in [1.82, 2.24) is 4.98 Å². The van der Waals surface area contributed by atoms with Gasteiger partial charge in [-0.2, -0.15) is 0 Å². The molecule has 0 saturated carbocycles. The fraction of sp³-hybridized carbons (Fsp3) is 0.400. The molecule has 0 N–H and O–H groups in total. The number of ether oxygens (including phenoxy) is 2. The fourth-order valence-corrected chi connectivity index (χ4v) is 3.33. The number of carbonyl (C=O) groups excluding carboxylic acids is 1. The van der Waals surface area contributed by atoms with Gasteiger partial charge in [-0.3, -0.25) is 9.78 Å². The number of halogens is 1. The van der Waals surface area contributed by atoms with Crippen LogP contribution < -0.4 is 0 Å². The molecular weight excluding hydrogens is 338 g/mol. The Hall–Kier alpha value is -1.91. The van der Waals surface area contributed by atoms with E-state index in [0.29, 0.717) is 19.6 Å². The average molecular weight is 360 g/mol. The third kappa shape index (κ3) is 5.03. The number of aromatic nitrogens is 1. The zero-order chi connectivity index (χ0) is 17.5. The lowest BCUT2D eigenvalue weighted by Crippen LogP contribution is -2.21. The monoisotopic (exact) mass is 359 g/mol. The Kier molecular flexibility index (Phi) is 6.42. The maximum absolute atomic E-state index is 12.4. The van der Waals surface area contributed by atoms with Crippen molar-refractivity contribution in [3.8, 4) is 0 Å². The number of rotatable bonds is 7. The van der Waals surface area contributed by atoms with E-state index >= 15 is 0 Å². The molecule has 5 heteroatoms. The van der Waals surface area contributed by atoms with Crippen LogP contribution in [0.2, 0.25) is 5.02 Å². The average Bonchev–Trinajstić information content (AvgIpc) is 3.12. The second-order valence-corrected chi connectivity index (χ2v) is 6.66. The Labute approximate surface area is 153 Å². The molecule has 0 spiro atoms. The Morgan fingerprint density at radius 3 is 2.88 bits per heavy atom. The molecule has 3 rings (SSSR count). The molecule has 2 aromatic rings.